The minimum atomic E-state index is -2.68. The third-order valence-electron chi connectivity index (χ3n) is 3.45. The summed E-state index contributed by atoms with van der Waals surface area (Å²) in [7, 11) is 0. The molecular formula is C18H17F2NO4. The van der Waals surface area contributed by atoms with Crippen LogP contribution in [0.2, 0.25) is 0 Å². The number of halogens is 2. The molecular weight excluding hydrogens is 332 g/mol. The van der Waals surface area contributed by atoms with Crippen LogP contribution in [0.4, 0.5) is 13.6 Å². The van der Waals surface area contributed by atoms with Gasteiger partial charge in [-0.05, 0) is 17.2 Å². The van der Waals surface area contributed by atoms with Crippen molar-refractivity contribution in [1.82, 2.24) is 5.32 Å². The summed E-state index contributed by atoms with van der Waals surface area (Å²) >= 11 is 0. The lowest BCUT2D eigenvalue weighted by Crippen LogP contribution is -2.30. The van der Waals surface area contributed by atoms with Crippen molar-refractivity contribution in [1.29, 1.82) is 0 Å². The molecule has 7 heteroatoms. The Bertz CT molecular complexity index is 722. The number of carboxylic acids is 1. The van der Waals surface area contributed by atoms with Crippen LogP contribution in [0.1, 0.15) is 35.6 Å². The number of alkyl carbamates (subject to hydrolysis) is 1. The first kappa shape index (κ1) is 18.4. The SMILES string of the molecule is O=C(O)CC(NC(=O)OCc1ccccc1)c1cccc(C(F)F)c1. The van der Waals surface area contributed by atoms with Gasteiger partial charge in [0.2, 0.25) is 0 Å². The van der Waals surface area contributed by atoms with Crippen LogP contribution in [0.15, 0.2) is 54.6 Å². The monoisotopic (exact) mass is 349 g/mol. The summed E-state index contributed by atoms with van der Waals surface area (Å²) in [5.41, 5.74) is 0.802. The second-order valence-electron chi connectivity index (χ2n) is 5.33. The van der Waals surface area contributed by atoms with Crippen molar-refractivity contribution in [2.75, 3.05) is 0 Å². The van der Waals surface area contributed by atoms with Crippen LogP contribution in [0.25, 0.3) is 0 Å². The van der Waals surface area contributed by atoms with E-state index in [1.807, 2.05) is 6.07 Å². The van der Waals surface area contributed by atoms with E-state index in [0.29, 0.717) is 0 Å². The van der Waals surface area contributed by atoms with Crippen LogP contribution in [-0.4, -0.2) is 17.2 Å². The van der Waals surface area contributed by atoms with Gasteiger partial charge in [-0.2, -0.15) is 0 Å². The fourth-order valence-corrected chi connectivity index (χ4v) is 2.25. The molecule has 2 aromatic carbocycles. The van der Waals surface area contributed by atoms with Crippen molar-refractivity contribution in [3.05, 3.63) is 71.3 Å². The smallest absolute Gasteiger partial charge is 0.407 e. The molecule has 1 amide bonds. The molecule has 1 atom stereocenters. The van der Waals surface area contributed by atoms with Crippen LogP contribution in [-0.2, 0) is 16.1 Å². The summed E-state index contributed by atoms with van der Waals surface area (Å²) in [6, 6.07) is 13.3. The average molecular weight is 349 g/mol. The maximum atomic E-state index is 12.8. The Balaban J connectivity index is 2.05. The largest absolute Gasteiger partial charge is 0.481 e. The van der Waals surface area contributed by atoms with Gasteiger partial charge in [0.1, 0.15) is 6.61 Å². The van der Waals surface area contributed by atoms with Crippen LogP contribution in [0.5, 0.6) is 0 Å². The molecule has 0 aliphatic rings. The van der Waals surface area contributed by atoms with Crippen LogP contribution < -0.4 is 5.32 Å². The van der Waals surface area contributed by atoms with Gasteiger partial charge in [0.05, 0.1) is 12.5 Å². The van der Waals surface area contributed by atoms with Crippen molar-refractivity contribution < 1.29 is 28.2 Å². The van der Waals surface area contributed by atoms with Gasteiger partial charge in [-0.15, -0.1) is 0 Å². The number of carbonyl (C=O) groups is 2. The number of aliphatic carboxylic acids is 1. The molecule has 0 radical (unpaired) electrons. The van der Waals surface area contributed by atoms with E-state index in [9.17, 15) is 18.4 Å². The Morgan fingerprint density at radius 2 is 1.72 bits per heavy atom. The van der Waals surface area contributed by atoms with Gasteiger partial charge in [0.15, 0.2) is 0 Å². The number of nitrogens with one attached hydrogen (secondary N) is 1. The number of ether oxygens (including phenoxy) is 1. The number of carbonyl (C=O) groups excluding carboxylic acids is 1. The highest BCUT2D eigenvalue weighted by molar-refractivity contribution is 5.72. The van der Waals surface area contributed by atoms with Gasteiger partial charge in [-0.25, -0.2) is 13.6 Å². The van der Waals surface area contributed by atoms with E-state index in [0.717, 1.165) is 5.56 Å². The molecule has 0 saturated heterocycles. The molecule has 0 aliphatic heterocycles. The molecule has 0 aliphatic carbocycles. The summed E-state index contributed by atoms with van der Waals surface area (Å²) in [5.74, 6) is -1.17. The summed E-state index contributed by atoms with van der Waals surface area (Å²) in [4.78, 5) is 22.9. The summed E-state index contributed by atoms with van der Waals surface area (Å²) < 4.78 is 30.7. The number of rotatable bonds is 7. The maximum Gasteiger partial charge on any atom is 0.407 e. The molecule has 25 heavy (non-hydrogen) atoms. The lowest BCUT2D eigenvalue weighted by atomic mass is 10.0. The van der Waals surface area contributed by atoms with Gasteiger partial charge in [0.25, 0.3) is 6.43 Å². The number of benzene rings is 2. The second-order valence-corrected chi connectivity index (χ2v) is 5.33. The zero-order valence-electron chi connectivity index (χ0n) is 13.2. The highest BCUT2D eigenvalue weighted by atomic mass is 19.3. The Kier molecular flexibility index (Phi) is 6.45. The minimum absolute atomic E-state index is 0.0174. The summed E-state index contributed by atoms with van der Waals surface area (Å²) in [5, 5.41) is 11.4. The van der Waals surface area contributed by atoms with E-state index in [-0.39, 0.29) is 17.7 Å². The number of amides is 1. The normalized spacial score (nSPS) is 11.8. The zero-order chi connectivity index (χ0) is 18.2. The molecule has 132 valence electrons. The van der Waals surface area contributed by atoms with Gasteiger partial charge in [-0.1, -0.05) is 48.5 Å². The van der Waals surface area contributed by atoms with Crippen molar-refractivity contribution in [3.8, 4) is 0 Å². The van der Waals surface area contributed by atoms with Crippen LogP contribution in [0.3, 0.4) is 0 Å². The third kappa shape index (κ3) is 5.87. The Hall–Kier alpha value is -2.96. The Morgan fingerprint density at radius 1 is 1.04 bits per heavy atom. The first-order valence-electron chi connectivity index (χ1n) is 7.52. The highest BCUT2D eigenvalue weighted by Crippen LogP contribution is 2.24. The van der Waals surface area contributed by atoms with E-state index < -0.39 is 31.0 Å². The molecule has 0 aromatic heterocycles. The number of hydrogen-bond donors (Lipinski definition) is 2. The van der Waals surface area contributed by atoms with Crippen LogP contribution in [0, 0.1) is 0 Å². The lowest BCUT2D eigenvalue weighted by molar-refractivity contribution is -0.137. The summed E-state index contributed by atoms with van der Waals surface area (Å²) in [6.07, 6.45) is -3.96. The lowest BCUT2D eigenvalue weighted by Gasteiger charge is -2.18. The average Bonchev–Trinajstić information content (AvgIpc) is 2.60. The first-order chi connectivity index (χ1) is 12.0. The number of alkyl halides is 2. The van der Waals surface area contributed by atoms with Gasteiger partial charge in [-0.3, -0.25) is 4.79 Å². The van der Waals surface area contributed by atoms with E-state index in [4.69, 9.17) is 9.84 Å². The van der Waals surface area contributed by atoms with Gasteiger partial charge < -0.3 is 15.2 Å². The number of carboxylic acid groups (broad SMARTS) is 1. The van der Waals surface area contributed by atoms with Crippen molar-refractivity contribution in [2.24, 2.45) is 0 Å². The first-order valence-corrected chi connectivity index (χ1v) is 7.52. The van der Waals surface area contributed by atoms with Gasteiger partial charge in [0, 0.05) is 5.56 Å². The van der Waals surface area contributed by atoms with Crippen LogP contribution >= 0.6 is 0 Å². The predicted molar refractivity (Wildman–Crippen MR) is 86.2 cm³/mol. The molecule has 0 fully saturated rings. The standard InChI is InChI=1S/C18H17F2NO4/c19-17(20)14-8-4-7-13(9-14)15(10-16(22)23)21-18(24)25-11-12-5-2-1-3-6-12/h1-9,15,17H,10-11H2,(H,21,24)(H,22,23). The van der Waals surface area contributed by atoms with E-state index in [1.54, 1.807) is 24.3 Å². The molecule has 5 nitrogen and oxygen atoms in total. The fourth-order valence-electron chi connectivity index (χ4n) is 2.25. The highest BCUT2D eigenvalue weighted by Gasteiger charge is 2.20. The second kappa shape index (κ2) is 8.77. The van der Waals surface area contributed by atoms with E-state index in [1.165, 1.54) is 24.3 Å². The van der Waals surface area contributed by atoms with E-state index in [2.05, 4.69) is 5.32 Å². The fraction of sp³-hybridized carbons (Fsp3) is 0.222. The van der Waals surface area contributed by atoms with Crippen molar-refractivity contribution in [2.45, 2.75) is 25.5 Å². The topological polar surface area (TPSA) is 75.6 Å². The molecule has 0 bridgehead atoms. The predicted octanol–water partition coefficient (Wildman–Crippen LogP) is 4.07. The molecule has 1 unspecified atom stereocenters. The summed E-state index contributed by atoms with van der Waals surface area (Å²) in [6.45, 7) is 0.0174. The molecule has 0 spiro atoms. The molecule has 2 aromatic rings. The maximum absolute atomic E-state index is 12.8. The molecule has 2 N–H and O–H groups in total. The molecule has 0 saturated carbocycles. The molecule has 2 rings (SSSR count). The third-order valence-corrected chi connectivity index (χ3v) is 3.45. The van der Waals surface area contributed by atoms with Crippen molar-refractivity contribution in [3.63, 3.8) is 0 Å². The minimum Gasteiger partial charge on any atom is -0.481 e. The zero-order valence-corrected chi connectivity index (χ0v) is 13.2. The molecule has 0 heterocycles. The quantitative estimate of drug-likeness (QED) is 0.790. The Labute approximate surface area is 143 Å². The van der Waals surface area contributed by atoms with E-state index >= 15 is 0 Å². The number of hydrogen-bond acceptors (Lipinski definition) is 3. The van der Waals surface area contributed by atoms with Crippen molar-refractivity contribution >= 4 is 12.1 Å². The Morgan fingerprint density at radius 3 is 2.36 bits per heavy atom. The van der Waals surface area contributed by atoms with Gasteiger partial charge >= 0.3 is 12.1 Å².